The topological polar surface area (TPSA) is 78.0 Å². The van der Waals surface area contributed by atoms with Crippen molar-refractivity contribution in [1.29, 1.82) is 0 Å². The van der Waals surface area contributed by atoms with Crippen LogP contribution in [0.1, 0.15) is 37.6 Å². The summed E-state index contributed by atoms with van der Waals surface area (Å²) >= 11 is 0. The maximum Gasteiger partial charge on any atom is 0.251 e. The highest BCUT2D eigenvalue weighted by Gasteiger charge is 2.22. The molecule has 0 fully saturated rings. The van der Waals surface area contributed by atoms with Gasteiger partial charge in [0.2, 0.25) is 0 Å². The molecule has 20 heavy (non-hydrogen) atoms. The van der Waals surface area contributed by atoms with Crippen LogP contribution in [-0.2, 0) is 0 Å². The van der Waals surface area contributed by atoms with Crippen LogP contribution in [-0.4, -0.2) is 33.4 Å². The minimum Gasteiger partial charge on any atom is -0.388 e. The van der Waals surface area contributed by atoms with E-state index >= 15 is 0 Å². The summed E-state index contributed by atoms with van der Waals surface area (Å²) in [7, 11) is 0. The number of carbonyl (C=O) groups is 1. The van der Waals surface area contributed by atoms with Crippen molar-refractivity contribution >= 4 is 16.8 Å². The number of nitrogens with one attached hydrogen (secondary N) is 2. The first-order valence-corrected chi connectivity index (χ1v) is 6.81. The molecule has 3 N–H and O–H groups in total. The van der Waals surface area contributed by atoms with E-state index in [2.05, 4.69) is 15.5 Å². The Labute approximate surface area is 118 Å². The summed E-state index contributed by atoms with van der Waals surface area (Å²) in [4.78, 5) is 12.1. The summed E-state index contributed by atoms with van der Waals surface area (Å²) < 4.78 is 0. The van der Waals surface area contributed by atoms with Crippen molar-refractivity contribution in [3.05, 3.63) is 30.0 Å². The fourth-order valence-corrected chi connectivity index (χ4v) is 2.41. The molecule has 1 aromatic heterocycles. The van der Waals surface area contributed by atoms with Gasteiger partial charge >= 0.3 is 0 Å². The molecule has 1 amide bonds. The van der Waals surface area contributed by atoms with Crippen molar-refractivity contribution in [3.8, 4) is 0 Å². The maximum atomic E-state index is 12.1. The van der Waals surface area contributed by atoms with Crippen LogP contribution in [0.2, 0.25) is 0 Å². The van der Waals surface area contributed by atoms with E-state index in [1.54, 1.807) is 25.3 Å². The molecule has 0 radical (unpaired) electrons. The SMILES string of the molecule is CC(C)CC(C)(O)CNC(=O)c1ccc2[nH]ncc2c1. The van der Waals surface area contributed by atoms with Crippen molar-refractivity contribution in [2.24, 2.45) is 5.92 Å². The molecule has 0 spiro atoms. The predicted molar refractivity (Wildman–Crippen MR) is 78.5 cm³/mol. The summed E-state index contributed by atoms with van der Waals surface area (Å²) in [6.45, 7) is 6.08. The molecule has 1 aromatic carbocycles. The van der Waals surface area contributed by atoms with E-state index in [-0.39, 0.29) is 12.5 Å². The first kappa shape index (κ1) is 14.5. The third-order valence-electron chi connectivity index (χ3n) is 3.18. The second-order valence-corrected chi connectivity index (χ2v) is 5.95. The predicted octanol–water partition coefficient (Wildman–Crippen LogP) is 2.09. The number of carbonyl (C=O) groups excluding carboxylic acids is 1. The van der Waals surface area contributed by atoms with Gasteiger partial charge in [0.1, 0.15) is 0 Å². The van der Waals surface area contributed by atoms with Crippen molar-refractivity contribution in [1.82, 2.24) is 15.5 Å². The zero-order valence-corrected chi connectivity index (χ0v) is 12.1. The molecule has 2 rings (SSSR count). The molecule has 1 unspecified atom stereocenters. The van der Waals surface area contributed by atoms with Gasteiger partial charge < -0.3 is 10.4 Å². The molecule has 0 saturated heterocycles. The Morgan fingerprint density at radius 1 is 1.50 bits per heavy atom. The zero-order chi connectivity index (χ0) is 14.8. The van der Waals surface area contributed by atoms with E-state index in [4.69, 9.17) is 0 Å². The Hall–Kier alpha value is -1.88. The third kappa shape index (κ3) is 3.57. The van der Waals surface area contributed by atoms with E-state index in [0.29, 0.717) is 17.9 Å². The molecule has 0 bridgehead atoms. The smallest absolute Gasteiger partial charge is 0.251 e. The van der Waals surface area contributed by atoms with Crippen molar-refractivity contribution < 1.29 is 9.90 Å². The van der Waals surface area contributed by atoms with Crippen LogP contribution in [0.3, 0.4) is 0 Å². The third-order valence-corrected chi connectivity index (χ3v) is 3.18. The van der Waals surface area contributed by atoms with Gasteiger partial charge in [0, 0.05) is 17.5 Å². The Morgan fingerprint density at radius 2 is 2.25 bits per heavy atom. The van der Waals surface area contributed by atoms with Crippen LogP contribution < -0.4 is 5.32 Å². The van der Waals surface area contributed by atoms with Crippen LogP contribution in [0.4, 0.5) is 0 Å². The maximum absolute atomic E-state index is 12.1. The molecule has 2 aromatic rings. The summed E-state index contributed by atoms with van der Waals surface area (Å²) in [5.74, 6) is 0.196. The van der Waals surface area contributed by atoms with E-state index in [0.717, 1.165) is 10.9 Å². The number of aromatic nitrogens is 2. The van der Waals surface area contributed by atoms with Gasteiger partial charge in [-0.2, -0.15) is 5.10 Å². The van der Waals surface area contributed by atoms with Gasteiger partial charge in [0.05, 0.1) is 17.3 Å². The van der Waals surface area contributed by atoms with Gasteiger partial charge in [-0.25, -0.2) is 0 Å². The van der Waals surface area contributed by atoms with Crippen LogP contribution in [0.15, 0.2) is 24.4 Å². The lowest BCUT2D eigenvalue weighted by atomic mass is 9.94. The first-order chi connectivity index (χ1) is 9.37. The lowest BCUT2D eigenvalue weighted by Gasteiger charge is -2.25. The van der Waals surface area contributed by atoms with Crippen molar-refractivity contribution in [2.75, 3.05) is 6.54 Å². The number of aliphatic hydroxyl groups is 1. The first-order valence-electron chi connectivity index (χ1n) is 6.81. The monoisotopic (exact) mass is 275 g/mol. The quantitative estimate of drug-likeness (QED) is 0.782. The van der Waals surface area contributed by atoms with Crippen molar-refractivity contribution in [3.63, 3.8) is 0 Å². The van der Waals surface area contributed by atoms with Gasteiger partial charge in [-0.05, 0) is 37.5 Å². The normalized spacial score (nSPS) is 14.4. The molecule has 1 atom stereocenters. The summed E-state index contributed by atoms with van der Waals surface area (Å²) in [6.07, 6.45) is 2.33. The van der Waals surface area contributed by atoms with Gasteiger partial charge in [0.15, 0.2) is 0 Å². The average Bonchev–Trinajstić information content (AvgIpc) is 2.81. The number of amides is 1. The number of hydrogen-bond donors (Lipinski definition) is 3. The number of rotatable bonds is 5. The number of H-pyrrole nitrogens is 1. The summed E-state index contributed by atoms with van der Waals surface area (Å²) in [5, 5.41) is 20.6. The number of benzene rings is 1. The number of aromatic amines is 1. The fraction of sp³-hybridized carbons (Fsp3) is 0.467. The van der Waals surface area contributed by atoms with Crippen LogP contribution >= 0.6 is 0 Å². The molecular weight excluding hydrogens is 254 g/mol. The average molecular weight is 275 g/mol. The fourth-order valence-electron chi connectivity index (χ4n) is 2.41. The molecule has 0 aliphatic carbocycles. The second kappa shape index (κ2) is 5.63. The van der Waals surface area contributed by atoms with E-state index in [1.807, 2.05) is 19.9 Å². The second-order valence-electron chi connectivity index (χ2n) is 5.95. The summed E-state index contributed by atoms with van der Waals surface area (Å²) in [5.41, 5.74) is 0.580. The van der Waals surface area contributed by atoms with E-state index < -0.39 is 5.60 Å². The minimum absolute atomic E-state index is 0.183. The van der Waals surface area contributed by atoms with Crippen LogP contribution in [0.25, 0.3) is 10.9 Å². The molecule has 0 aliphatic heterocycles. The number of nitrogens with zero attached hydrogens (tertiary/aromatic N) is 1. The Morgan fingerprint density at radius 3 is 2.95 bits per heavy atom. The van der Waals surface area contributed by atoms with Gasteiger partial charge in [-0.3, -0.25) is 9.89 Å². The van der Waals surface area contributed by atoms with Gasteiger partial charge in [0.25, 0.3) is 5.91 Å². The molecule has 1 heterocycles. The Balaban J connectivity index is 2.01. The molecule has 0 aliphatic rings. The highest BCUT2D eigenvalue weighted by Crippen LogP contribution is 2.16. The highest BCUT2D eigenvalue weighted by molar-refractivity contribution is 5.97. The van der Waals surface area contributed by atoms with Crippen LogP contribution in [0, 0.1) is 5.92 Å². The molecular formula is C15H21N3O2. The molecule has 5 nitrogen and oxygen atoms in total. The summed E-state index contributed by atoms with van der Waals surface area (Å²) in [6, 6.07) is 5.35. The minimum atomic E-state index is -0.885. The van der Waals surface area contributed by atoms with Crippen LogP contribution in [0.5, 0.6) is 0 Å². The highest BCUT2D eigenvalue weighted by atomic mass is 16.3. The molecule has 0 saturated carbocycles. The van der Waals surface area contributed by atoms with E-state index in [1.165, 1.54) is 0 Å². The van der Waals surface area contributed by atoms with E-state index in [9.17, 15) is 9.90 Å². The zero-order valence-electron chi connectivity index (χ0n) is 12.1. The van der Waals surface area contributed by atoms with Gasteiger partial charge in [-0.15, -0.1) is 0 Å². The Kier molecular flexibility index (Phi) is 4.09. The standard InChI is InChI=1S/C15H21N3O2/c1-10(2)7-15(3,20)9-16-14(19)11-4-5-13-12(6-11)8-17-18-13/h4-6,8,10,20H,7,9H2,1-3H3,(H,16,19)(H,17,18). The molecule has 108 valence electrons. The lowest BCUT2D eigenvalue weighted by Crippen LogP contribution is -2.41. The van der Waals surface area contributed by atoms with Crippen molar-refractivity contribution in [2.45, 2.75) is 32.8 Å². The number of fused-ring (bicyclic) bond motifs is 1. The van der Waals surface area contributed by atoms with Gasteiger partial charge in [-0.1, -0.05) is 13.8 Å². The largest absolute Gasteiger partial charge is 0.388 e. The lowest BCUT2D eigenvalue weighted by molar-refractivity contribution is 0.0368. The molecule has 5 heteroatoms. The Bertz CT molecular complexity index is 602. The number of hydrogen-bond acceptors (Lipinski definition) is 3.